The Kier molecular flexibility index (Phi) is 12.8. The molecule has 1 N–H and O–H groups in total. The van der Waals surface area contributed by atoms with Crippen LogP contribution in [0.2, 0.25) is 0 Å². The van der Waals surface area contributed by atoms with E-state index in [1.807, 2.05) is 6.92 Å². The first-order valence-corrected chi connectivity index (χ1v) is 14.6. The second-order valence-electron chi connectivity index (χ2n) is 11.2. The number of amides is 2. The molecule has 0 unspecified atom stereocenters. The maximum atomic E-state index is 12.0. The van der Waals surface area contributed by atoms with Gasteiger partial charge in [0.1, 0.15) is 0 Å². The van der Waals surface area contributed by atoms with Gasteiger partial charge in [-0.25, -0.2) is 4.79 Å². The summed E-state index contributed by atoms with van der Waals surface area (Å²) in [6.45, 7) is 7.19. The Morgan fingerprint density at radius 3 is 2.22 bits per heavy atom. The molecule has 212 valence electrons. The third-order valence-electron chi connectivity index (χ3n) is 7.68. The number of hydroxylamine groups is 2. The smallest absolute Gasteiger partial charge is 0.333 e. The van der Waals surface area contributed by atoms with Gasteiger partial charge in [0.15, 0.2) is 0 Å². The Labute approximate surface area is 222 Å². The summed E-state index contributed by atoms with van der Waals surface area (Å²) in [5.74, 6) is -1.40. The van der Waals surface area contributed by atoms with Gasteiger partial charge in [0.05, 0.1) is 30.5 Å². The van der Waals surface area contributed by atoms with Crippen LogP contribution in [-0.4, -0.2) is 83.0 Å². The van der Waals surface area contributed by atoms with Gasteiger partial charge in [-0.3, -0.25) is 9.59 Å². The highest BCUT2D eigenvalue weighted by molar-refractivity contribution is 6.01. The van der Waals surface area contributed by atoms with Gasteiger partial charge in [0.25, 0.3) is 11.8 Å². The molecular formula is C28H48N2O7. The van der Waals surface area contributed by atoms with Crippen molar-refractivity contribution in [2.75, 3.05) is 19.6 Å². The van der Waals surface area contributed by atoms with Crippen molar-refractivity contribution in [1.82, 2.24) is 9.96 Å². The number of carbonyl (C=O) groups is 3. The Balaban J connectivity index is 1.35. The number of unbranched alkanes of at least 4 members (excludes halogenated alkanes) is 2. The lowest BCUT2D eigenvalue weighted by Gasteiger charge is -2.32. The van der Waals surface area contributed by atoms with Crippen LogP contribution < -0.4 is 0 Å². The van der Waals surface area contributed by atoms with Crippen LogP contribution in [0.1, 0.15) is 110 Å². The van der Waals surface area contributed by atoms with Crippen molar-refractivity contribution >= 4 is 17.8 Å². The highest BCUT2D eigenvalue weighted by Crippen LogP contribution is 2.24. The second kappa shape index (κ2) is 15.8. The summed E-state index contributed by atoms with van der Waals surface area (Å²) in [4.78, 5) is 42.7. The van der Waals surface area contributed by atoms with Gasteiger partial charge in [-0.2, -0.15) is 0 Å². The molecule has 0 aromatic rings. The molecule has 3 aliphatic heterocycles. The van der Waals surface area contributed by atoms with E-state index in [1.165, 1.54) is 6.42 Å². The summed E-state index contributed by atoms with van der Waals surface area (Å²) < 4.78 is 12.1. The van der Waals surface area contributed by atoms with Crippen LogP contribution in [0.5, 0.6) is 0 Å². The van der Waals surface area contributed by atoms with Gasteiger partial charge >= 0.3 is 5.97 Å². The van der Waals surface area contributed by atoms with Crippen molar-refractivity contribution in [3.63, 3.8) is 0 Å². The molecule has 3 saturated heterocycles. The van der Waals surface area contributed by atoms with Crippen LogP contribution in [0.4, 0.5) is 0 Å². The Bertz CT molecular complexity index is 707. The number of imide groups is 1. The molecule has 2 amide bonds. The van der Waals surface area contributed by atoms with Crippen LogP contribution >= 0.6 is 0 Å². The van der Waals surface area contributed by atoms with E-state index in [9.17, 15) is 19.5 Å². The van der Waals surface area contributed by atoms with Gasteiger partial charge in [0, 0.05) is 19.3 Å². The average molecular weight is 525 g/mol. The molecule has 3 rings (SSSR count). The maximum absolute atomic E-state index is 12.0. The molecule has 3 heterocycles. The summed E-state index contributed by atoms with van der Waals surface area (Å²) in [5.41, 5.74) is 0. The molecule has 0 radical (unpaired) electrons. The number of hydrogen-bond donors (Lipinski definition) is 1. The molecule has 0 aromatic heterocycles. The monoisotopic (exact) mass is 524 g/mol. The quantitative estimate of drug-likeness (QED) is 0.254. The number of carbonyl (C=O) groups excluding carboxylic acids is 3. The SMILES string of the molecule is C[C@@H]1C[C@H](O)C[C@H](CCCN(CCCCCC(=O)ON2C(=O)CCC2=O)CCC[C@H]2CCC[C@H](C)O2)O1. The summed E-state index contributed by atoms with van der Waals surface area (Å²) in [6.07, 6.45) is 12.9. The molecule has 0 bridgehead atoms. The molecule has 0 aliphatic carbocycles. The molecule has 9 nitrogen and oxygen atoms in total. The van der Waals surface area contributed by atoms with Crippen molar-refractivity contribution in [1.29, 1.82) is 0 Å². The highest BCUT2D eigenvalue weighted by Gasteiger charge is 2.32. The van der Waals surface area contributed by atoms with Crippen LogP contribution in [0.15, 0.2) is 0 Å². The number of ether oxygens (including phenoxy) is 2. The summed E-state index contributed by atoms with van der Waals surface area (Å²) in [6, 6.07) is 0. The van der Waals surface area contributed by atoms with E-state index in [2.05, 4.69) is 11.8 Å². The first kappa shape index (κ1) is 30.0. The largest absolute Gasteiger partial charge is 0.393 e. The predicted molar refractivity (Wildman–Crippen MR) is 138 cm³/mol. The molecule has 3 fully saturated rings. The minimum atomic E-state index is -0.522. The zero-order valence-corrected chi connectivity index (χ0v) is 22.9. The Hall–Kier alpha value is -1.55. The van der Waals surface area contributed by atoms with Gasteiger partial charge < -0.3 is 24.3 Å². The minimum Gasteiger partial charge on any atom is -0.393 e. The molecule has 37 heavy (non-hydrogen) atoms. The Morgan fingerprint density at radius 1 is 0.892 bits per heavy atom. The number of rotatable bonds is 15. The predicted octanol–water partition coefficient (Wildman–Crippen LogP) is 3.90. The fraction of sp³-hybridized carbons (Fsp3) is 0.893. The highest BCUT2D eigenvalue weighted by atomic mass is 16.7. The molecule has 0 saturated carbocycles. The van der Waals surface area contributed by atoms with Crippen molar-refractivity contribution in [2.45, 2.75) is 141 Å². The zero-order valence-electron chi connectivity index (χ0n) is 22.9. The van der Waals surface area contributed by atoms with E-state index in [1.54, 1.807) is 0 Å². The summed E-state index contributed by atoms with van der Waals surface area (Å²) >= 11 is 0. The molecule has 0 aromatic carbocycles. The van der Waals surface area contributed by atoms with Gasteiger partial charge in [-0.05, 0) is 104 Å². The lowest BCUT2D eigenvalue weighted by Crippen LogP contribution is -2.35. The molecule has 0 spiro atoms. The van der Waals surface area contributed by atoms with Crippen molar-refractivity contribution in [3.8, 4) is 0 Å². The summed E-state index contributed by atoms with van der Waals surface area (Å²) in [7, 11) is 0. The van der Waals surface area contributed by atoms with E-state index in [0.29, 0.717) is 23.7 Å². The number of hydrogen-bond acceptors (Lipinski definition) is 8. The van der Waals surface area contributed by atoms with Gasteiger partial charge in [-0.1, -0.05) is 6.42 Å². The number of aliphatic hydroxyl groups is 1. The molecule has 9 heteroatoms. The molecule has 3 aliphatic rings. The van der Waals surface area contributed by atoms with Gasteiger partial charge in [-0.15, -0.1) is 5.06 Å². The lowest BCUT2D eigenvalue weighted by molar-refractivity contribution is -0.197. The van der Waals surface area contributed by atoms with Crippen LogP contribution in [0.25, 0.3) is 0 Å². The van der Waals surface area contributed by atoms with E-state index in [4.69, 9.17) is 14.3 Å². The molecular weight excluding hydrogens is 476 g/mol. The second-order valence-corrected chi connectivity index (χ2v) is 11.2. The zero-order chi connectivity index (χ0) is 26.6. The maximum Gasteiger partial charge on any atom is 0.333 e. The van der Waals surface area contributed by atoms with E-state index >= 15 is 0 Å². The average Bonchev–Trinajstić information content (AvgIpc) is 3.15. The summed E-state index contributed by atoms with van der Waals surface area (Å²) in [5, 5.41) is 10.7. The number of aliphatic hydroxyl groups excluding tert-OH is 1. The topological polar surface area (TPSA) is 106 Å². The normalized spacial score (nSPS) is 28.8. The van der Waals surface area contributed by atoms with Crippen LogP contribution in [0.3, 0.4) is 0 Å². The van der Waals surface area contributed by atoms with E-state index in [-0.39, 0.29) is 37.6 Å². The first-order chi connectivity index (χ1) is 17.8. The fourth-order valence-corrected chi connectivity index (χ4v) is 5.73. The number of nitrogens with zero attached hydrogens (tertiary/aromatic N) is 2. The van der Waals surface area contributed by atoms with E-state index in [0.717, 1.165) is 83.8 Å². The van der Waals surface area contributed by atoms with Crippen molar-refractivity contribution < 1.29 is 33.8 Å². The molecule has 5 atom stereocenters. The van der Waals surface area contributed by atoms with Crippen LogP contribution in [-0.2, 0) is 28.7 Å². The standard InChI is InChI=1S/C28H48N2O7/c1-21-9-6-10-24(35-21)11-7-17-29(18-8-12-25-20-23(31)19-22(2)36-25)16-5-3-4-13-28(34)37-30-26(32)14-15-27(30)33/h21-25,31H,3-20H2,1-2H3/t21-,22+,23-,24+,25-/m0/s1. The Morgan fingerprint density at radius 2 is 1.54 bits per heavy atom. The fourth-order valence-electron chi connectivity index (χ4n) is 5.73. The van der Waals surface area contributed by atoms with Crippen LogP contribution in [0, 0.1) is 0 Å². The third kappa shape index (κ3) is 11.0. The van der Waals surface area contributed by atoms with Gasteiger partial charge in [0.2, 0.25) is 0 Å². The van der Waals surface area contributed by atoms with Crippen molar-refractivity contribution in [3.05, 3.63) is 0 Å². The lowest BCUT2D eigenvalue weighted by atomic mass is 9.98. The van der Waals surface area contributed by atoms with E-state index < -0.39 is 17.8 Å². The minimum absolute atomic E-state index is 0.111. The first-order valence-electron chi connectivity index (χ1n) is 14.6. The third-order valence-corrected chi connectivity index (χ3v) is 7.68. The van der Waals surface area contributed by atoms with Crippen molar-refractivity contribution in [2.24, 2.45) is 0 Å².